The Balaban J connectivity index is 1.03. The van der Waals surface area contributed by atoms with Gasteiger partial charge >= 0.3 is 0 Å². The smallest absolute Gasteiger partial charge is 0.155 e. The molecule has 260 valence electrons. The van der Waals surface area contributed by atoms with Crippen LogP contribution in [0.5, 0.6) is 0 Å². The van der Waals surface area contributed by atoms with Gasteiger partial charge in [-0.25, -0.2) is 0 Å². The number of hydrogen-bond donors (Lipinski definition) is 2. The van der Waals surface area contributed by atoms with Crippen LogP contribution in [0.3, 0.4) is 0 Å². The molecule has 2 aliphatic heterocycles. The number of nitrogens with zero attached hydrogens (tertiary/aromatic N) is 1. The van der Waals surface area contributed by atoms with E-state index in [-0.39, 0.29) is 33.4 Å². The molecule has 4 N–H and O–H groups in total. The summed E-state index contributed by atoms with van der Waals surface area (Å²) < 4.78 is 29.6. The number of hydrogen-bond acceptors (Lipinski definition) is 9. The second kappa shape index (κ2) is 11.9. The molecule has 0 aromatic rings. The van der Waals surface area contributed by atoms with Crippen LogP contribution in [-0.2, 0) is 28.5 Å². The molecule has 2 heterocycles. The van der Waals surface area contributed by atoms with Crippen molar-refractivity contribution in [3.05, 3.63) is 11.6 Å². The lowest BCUT2D eigenvalue weighted by Gasteiger charge is -2.74. The van der Waals surface area contributed by atoms with Crippen LogP contribution in [0.1, 0.15) is 85.5 Å². The van der Waals surface area contributed by atoms with E-state index in [1.807, 2.05) is 6.08 Å². The highest BCUT2D eigenvalue weighted by Gasteiger charge is 2.85. The van der Waals surface area contributed by atoms with E-state index in [1.54, 1.807) is 7.11 Å². The Morgan fingerprint density at radius 3 is 2.33 bits per heavy atom. The van der Waals surface area contributed by atoms with Crippen molar-refractivity contribution in [2.75, 3.05) is 66.4 Å². The first-order valence-corrected chi connectivity index (χ1v) is 18.4. The summed E-state index contributed by atoms with van der Waals surface area (Å²) in [6.45, 7) is 15.7. The van der Waals surface area contributed by atoms with Gasteiger partial charge in [-0.05, 0) is 86.0 Å². The summed E-state index contributed by atoms with van der Waals surface area (Å²) in [6.07, 6.45) is 11.0. The van der Waals surface area contributed by atoms with Crippen LogP contribution in [-0.4, -0.2) is 100 Å². The average molecular weight is 644 g/mol. The molecule has 3 unspecified atom stereocenters. The minimum atomic E-state index is -0.654. The molecule has 0 amide bonds. The van der Waals surface area contributed by atoms with Crippen LogP contribution < -0.4 is 11.5 Å². The van der Waals surface area contributed by atoms with Gasteiger partial charge in [0.15, 0.2) is 5.78 Å². The van der Waals surface area contributed by atoms with E-state index in [9.17, 15) is 4.79 Å². The lowest BCUT2D eigenvalue weighted by atomic mass is 9.32. The van der Waals surface area contributed by atoms with Crippen LogP contribution in [0.15, 0.2) is 11.6 Å². The molecule has 2 spiro atoms. The zero-order valence-electron chi connectivity index (χ0n) is 29.2. The first-order chi connectivity index (χ1) is 21.9. The molecule has 9 heteroatoms. The predicted molar refractivity (Wildman–Crippen MR) is 176 cm³/mol. The third kappa shape index (κ3) is 4.65. The highest BCUT2D eigenvalue weighted by molar-refractivity contribution is 5.91. The second-order valence-electron chi connectivity index (χ2n) is 17.0. The molecule has 0 aromatic heterocycles. The molecule has 8 rings (SSSR count). The molecule has 6 aliphatic carbocycles. The fourth-order valence-corrected chi connectivity index (χ4v) is 13.2. The summed E-state index contributed by atoms with van der Waals surface area (Å²) in [5.74, 6) is 2.07. The third-order valence-electron chi connectivity index (χ3n) is 15.0. The molecule has 9 nitrogen and oxygen atoms in total. The Morgan fingerprint density at radius 1 is 0.913 bits per heavy atom. The molecule has 5 saturated carbocycles. The summed E-state index contributed by atoms with van der Waals surface area (Å²) in [5, 5.41) is 0. The predicted octanol–water partition coefficient (Wildman–Crippen LogP) is 4.07. The van der Waals surface area contributed by atoms with E-state index in [1.165, 1.54) is 5.57 Å². The van der Waals surface area contributed by atoms with Gasteiger partial charge in [-0.1, -0.05) is 33.3 Å². The van der Waals surface area contributed by atoms with Gasteiger partial charge in [0.05, 0.1) is 57.9 Å². The maximum atomic E-state index is 12.4. The summed E-state index contributed by atoms with van der Waals surface area (Å²) in [6, 6.07) is 0.171. The number of rotatable bonds is 12. The van der Waals surface area contributed by atoms with Crippen molar-refractivity contribution in [1.29, 1.82) is 0 Å². The van der Waals surface area contributed by atoms with Crippen molar-refractivity contribution >= 4 is 5.78 Å². The fraction of sp³-hybridized carbons (Fsp3) is 0.919. The monoisotopic (exact) mass is 643 g/mol. The summed E-state index contributed by atoms with van der Waals surface area (Å²) >= 11 is 0. The number of nitrogens with two attached hydrogens (primary N) is 2. The molecule has 2 bridgehead atoms. The van der Waals surface area contributed by atoms with Gasteiger partial charge in [-0.2, -0.15) is 0 Å². The summed E-state index contributed by atoms with van der Waals surface area (Å²) in [7, 11) is 1.67. The Bertz CT molecular complexity index is 1220. The van der Waals surface area contributed by atoms with Gasteiger partial charge in [0.25, 0.3) is 0 Å². The maximum absolute atomic E-state index is 12.4. The highest BCUT2D eigenvalue weighted by atomic mass is 16.6. The highest BCUT2D eigenvalue weighted by Crippen LogP contribution is 2.85. The van der Waals surface area contributed by atoms with E-state index in [4.69, 9.17) is 35.2 Å². The quantitative estimate of drug-likeness (QED) is 0.304. The Labute approximate surface area is 276 Å². The molecule has 0 aromatic carbocycles. The van der Waals surface area contributed by atoms with Crippen molar-refractivity contribution < 1.29 is 28.5 Å². The molecular weight excluding hydrogens is 582 g/mol. The Morgan fingerprint density at radius 2 is 1.61 bits per heavy atom. The number of methoxy groups -OCH3 is 1. The Hall–Kier alpha value is -0.910. The molecule has 46 heavy (non-hydrogen) atoms. The van der Waals surface area contributed by atoms with Gasteiger partial charge in [-0.3, -0.25) is 9.69 Å². The number of ether oxygens (including phenoxy) is 5. The normalized spacial score (nSPS) is 49.2. The van der Waals surface area contributed by atoms with Crippen LogP contribution in [0, 0.1) is 39.9 Å². The largest absolute Gasteiger partial charge is 0.382 e. The molecule has 7 fully saturated rings. The number of likely N-dealkylation sites (tertiary alicyclic amines) is 1. The first-order valence-electron chi connectivity index (χ1n) is 18.4. The lowest BCUT2D eigenvalue weighted by molar-refractivity contribution is -0.309. The molecule has 11 atom stereocenters. The van der Waals surface area contributed by atoms with E-state index < -0.39 is 5.72 Å². The van der Waals surface area contributed by atoms with E-state index in [0.29, 0.717) is 82.1 Å². The number of fused-ring (bicyclic) bond motifs is 5. The molecular formula is C37H61N3O6. The van der Waals surface area contributed by atoms with E-state index >= 15 is 0 Å². The minimum absolute atomic E-state index is 0.0456. The minimum Gasteiger partial charge on any atom is -0.382 e. The SMILES string of the molecule is COCCOCCOCCOCCN1C[C@@H](C)C[C@@]2(N)O[C@]3(CCC45CC3(C)C4C[C@@H]3[C@@]4(C)CCC(=O)C=C4CC[C@]35N)[C@H](C)[C@H]12. The zero-order chi connectivity index (χ0) is 32.6. The maximum Gasteiger partial charge on any atom is 0.155 e. The second-order valence-corrected chi connectivity index (χ2v) is 17.0. The van der Waals surface area contributed by atoms with Crippen LogP contribution >= 0.6 is 0 Å². The van der Waals surface area contributed by atoms with Crippen molar-refractivity contribution in [3.63, 3.8) is 0 Å². The van der Waals surface area contributed by atoms with Gasteiger partial charge in [0, 0.05) is 43.5 Å². The number of ketones is 1. The van der Waals surface area contributed by atoms with Crippen LogP contribution in [0.2, 0.25) is 0 Å². The number of carbonyl (C=O) groups excluding carboxylic acids is 1. The topological polar surface area (TPSA) is 119 Å². The van der Waals surface area contributed by atoms with Crippen molar-refractivity contribution in [2.45, 2.75) is 108 Å². The van der Waals surface area contributed by atoms with Crippen molar-refractivity contribution in [1.82, 2.24) is 4.90 Å². The lowest BCUT2D eigenvalue weighted by Crippen LogP contribution is -2.77. The fourth-order valence-electron chi connectivity index (χ4n) is 13.2. The van der Waals surface area contributed by atoms with Crippen LogP contribution in [0.4, 0.5) is 0 Å². The third-order valence-corrected chi connectivity index (χ3v) is 15.0. The summed E-state index contributed by atoms with van der Waals surface area (Å²) in [5.41, 5.74) is 15.7. The van der Waals surface area contributed by atoms with E-state index in [0.717, 1.165) is 64.5 Å². The van der Waals surface area contributed by atoms with Crippen molar-refractivity contribution in [3.8, 4) is 0 Å². The standard InChI is InChI=1S/C37H61N3O6/c1-25-22-37(39)31(40(23-25)12-13-43-16-17-45-19-18-44-15-14-42-5)26(2)36(46-37)11-10-34-24-33(36,4)30(34)21-29-32(3)8-7-28(41)20-27(32)6-9-35(29,34)38/h20,25-26,29-31H,6-19,21-24,38-39H2,1-5H3/t25-,26+,29+,30?,31-,32-,33?,34?,35-,36+,37+/m0/s1. The van der Waals surface area contributed by atoms with Gasteiger partial charge in [0.1, 0.15) is 5.72 Å². The number of carbonyl (C=O) groups is 1. The van der Waals surface area contributed by atoms with Crippen LogP contribution in [0.25, 0.3) is 0 Å². The van der Waals surface area contributed by atoms with E-state index in [2.05, 4.69) is 32.6 Å². The average Bonchev–Trinajstić information content (AvgIpc) is 3.36. The van der Waals surface area contributed by atoms with Gasteiger partial charge < -0.3 is 35.2 Å². The molecule has 0 radical (unpaired) electrons. The summed E-state index contributed by atoms with van der Waals surface area (Å²) in [4.78, 5) is 15.0. The van der Waals surface area contributed by atoms with Gasteiger partial charge in [0.2, 0.25) is 0 Å². The Kier molecular flexibility index (Phi) is 8.66. The molecule has 2 saturated heterocycles. The number of piperidine rings is 1. The first kappa shape index (κ1) is 33.6. The number of allylic oxidation sites excluding steroid dienone is 2. The molecule has 8 aliphatic rings. The van der Waals surface area contributed by atoms with Crippen molar-refractivity contribution in [2.24, 2.45) is 51.4 Å². The van der Waals surface area contributed by atoms with Gasteiger partial charge in [-0.15, -0.1) is 0 Å². The zero-order valence-corrected chi connectivity index (χ0v) is 29.2.